The van der Waals surface area contributed by atoms with Crippen molar-refractivity contribution in [2.45, 2.75) is 13.0 Å². The maximum absolute atomic E-state index is 12.6. The molecule has 25 heavy (non-hydrogen) atoms. The first-order valence-electron chi connectivity index (χ1n) is 8.35. The molecule has 1 saturated heterocycles. The Morgan fingerprint density at radius 2 is 2.20 bits per heavy atom. The Morgan fingerprint density at radius 1 is 1.28 bits per heavy atom. The number of rotatable bonds is 4. The molecule has 4 rings (SSSR count). The molecule has 3 aromatic heterocycles. The summed E-state index contributed by atoms with van der Waals surface area (Å²) in [7, 11) is 0. The smallest absolute Gasteiger partial charge is 0.255 e. The molecule has 128 valence electrons. The number of pyridine rings is 2. The van der Waals surface area contributed by atoms with Gasteiger partial charge in [0.15, 0.2) is 5.65 Å². The third-order valence-electron chi connectivity index (χ3n) is 4.59. The first-order chi connectivity index (χ1) is 12.2. The van der Waals surface area contributed by atoms with Crippen LogP contribution >= 0.6 is 0 Å². The zero-order valence-corrected chi connectivity index (χ0v) is 13.7. The van der Waals surface area contributed by atoms with Gasteiger partial charge in [0.2, 0.25) is 0 Å². The van der Waals surface area contributed by atoms with Gasteiger partial charge in [0.1, 0.15) is 5.52 Å². The van der Waals surface area contributed by atoms with Gasteiger partial charge in [-0.15, -0.1) is 0 Å². The lowest BCUT2D eigenvalue weighted by molar-refractivity contribution is 0.0781. The van der Waals surface area contributed by atoms with Crippen LogP contribution in [-0.4, -0.2) is 55.1 Å². The summed E-state index contributed by atoms with van der Waals surface area (Å²) in [6, 6.07) is 7.56. The first kappa shape index (κ1) is 15.7. The quantitative estimate of drug-likeness (QED) is 0.776. The highest BCUT2D eigenvalue weighted by Gasteiger charge is 2.26. The first-order valence-corrected chi connectivity index (χ1v) is 8.35. The molecule has 7 nitrogen and oxygen atoms in total. The van der Waals surface area contributed by atoms with E-state index in [1.807, 2.05) is 22.8 Å². The van der Waals surface area contributed by atoms with E-state index in [0.29, 0.717) is 30.7 Å². The van der Waals surface area contributed by atoms with E-state index in [4.69, 9.17) is 0 Å². The number of hydrogen-bond acceptors (Lipinski definition) is 5. The van der Waals surface area contributed by atoms with Crippen LogP contribution in [0.5, 0.6) is 0 Å². The van der Waals surface area contributed by atoms with Crippen LogP contribution in [0.25, 0.3) is 11.2 Å². The maximum atomic E-state index is 12.6. The van der Waals surface area contributed by atoms with Crippen molar-refractivity contribution in [1.29, 1.82) is 0 Å². The van der Waals surface area contributed by atoms with Crippen LogP contribution in [0.2, 0.25) is 0 Å². The number of likely N-dealkylation sites (tertiary alicyclic amines) is 1. The van der Waals surface area contributed by atoms with Crippen LogP contribution in [0.1, 0.15) is 22.5 Å². The monoisotopic (exact) mass is 337 g/mol. The Hall–Kier alpha value is -2.80. The number of nitrogens with zero attached hydrogens (tertiary/aromatic N) is 5. The third kappa shape index (κ3) is 3.10. The highest BCUT2D eigenvalue weighted by molar-refractivity contribution is 5.96. The van der Waals surface area contributed by atoms with Crippen molar-refractivity contribution in [3.05, 3.63) is 54.2 Å². The lowest BCUT2D eigenvalue weighted by atomic mass is 10.1. The third-order valence-corrected chi connectivity index (χ3v) is 4.59. The second kappa shape index (κ2) is 6.60. The molecule has 7 heteroatoms. The second-order valence-corrected chi connectivity index (χ2v) is 6.35. The summed E-state index contributed by atoms with van der Waals surface area (Å²) in [5.41, 5.74) is 2.89. The number of carbonyl (C=O) groups excluding carboxylic acids is 1. The van der Waals surface area contributed by atoms with Crippen LogP contribution in [-0.2, 0) is 6.54 Å². The van der Waals surface area contributed by atoms with Gasteiger partial charge < -0.3 is 14.6 Å². The number of imidazole rings is 1. The molecule has 0 spiro atoms. The van der Waals surface area contributed by atoms with Gasteiger partial charge in [-0.3, -0.25) is 9.78 Å². The van der Waals surface area contributed by atoms with Crippen LogP contribution in [0.4, 0.5) is 0 Å². The second-order valence-electron chi connectivity index (χ2n) is 6.35. The summed E-state index contributed by atoms with van der Waals surface area (Å²) in [6.07, 6.45) is 5.93. The standard InChI is InChI=1S/C18H19N5O2/c24-11-13-4-6-22(9-13)18(25)14-7-16-17(20-8-14)23(12-21-16)10-15-3-1-2-5-19-15/h1-3,5,7-8,12-13,24H,4,6,9-11H2. The van der Waals surface area contributed by atoms with Crippen molar-refractivity contribution in [2.75, 3.05) is 19.7 Å². The molecule has 1 aliphatic heterocycles. The molecule has 1 atom stereocenters. The van der Waals surface area contributed by atoms with Gasteiger partial charge in [-0.1, -0.05) is 6.07 Å². The fourth-order valence-electron chi connectivity index (χ4n) is 3.20. The van der Waals surface area contributed by atoms with Crippen LogP contribution < -0.4 is 0 Å². The molecule has 1 N–H and O–H groups in total. The average Bonchev–Trinajstić information content (AvgIpc) is 3.29. The number of carbonyl (C=O) groups is 1. The van der Waals surface area contributed by atoms with Gasteiger partial charge in [0.25, 0.3) is 5.91 Å². The van der Waals surface area contributed by atoms with Crippen molar-refractivity contribution in [3.8, 4) is 0 Å². The number of hydrogen-bond donors (Lipinski definition) is 1. The van der Waals surface area contributed by atoms with E-state index >= 15 is 0 Å². The normalized spacial score (nSPS) is 17.3. The number of aromatic nitrogens is 4. The number of aliphatic hydroxyl groups is 1. The van der Waals surface area contributed by atoms with Crippen LogP contribution in [0, 0.1) is 5.92 Å². The van der Waals surface area contributed by atoms with Crippen molar-refractivity contribution < 1.29 is 9.90 Å². The van der Waals surface area contributed by atoms with Crippen molar-refractivity contribution in [3.63, 3.8) is 0 Å². The summed E-state index contributed by atoms with van der Waals surface area (Å²) in [6.45, 7) is 1.98. The molecule has 0 aliphatic carbocycles. The molecular formula is C18H19N5O2. The Balaban J connectivity index is 1.56. The highest BCUT2D eigenvalue weighted by atomic mass is 16.3. The van der Waals surface area contributed by atoms with Gasteiger partial charge in [-0.05, 0) is 24.6 Å². The van der Waals surface area contributed by atoms with Crippen LogP contribution in [0.3, 0.4) is 0 Å². The molecule has 0 saturated carbocycles. The number of fused-ring (bicyclic) bond motifs is 1. The summed E-state index contributed by atoms with van der Waals surface area (Å²) in [5, 5.41) is 9.23. The molecule has 4 heterocycles. The van der Waals surface area contributed by atoms with Gasteiger partial charge in [0, 0.05) is 38.0 Å². The largest absolute Gasteiger partial charge is 0.396 e. The number of aliphatic hydroxyl groups excluding tert-OH is 1. The average molecular weight is 337 g/mol. The van der Waals surface area contributed by atoms with E-state index in [1.165, 1.54) is 0 Å². The van der Waals surface area contributed by atoms with Crippen LogP contribution in [0.15, 0.2) is 43.0 Å². The fourth-order valence-corrected chi connectivity index (χ4v) is 3.20. The molecule has 0 radical (unpaired) electrons. The van der Waals surface area contributed by atoms with E-state index < -0.39 is 0 Å². The topological polar surface area (TPSA) is 84.1 Å². The molecule has 1 fully saturated rings. The SMILES string of the molecule is O=C(c1cnc2c(c1)ncn2Cc1ccccn1)N1CCC(CO)C1. The molecule has 0 bridgehead atoms. The maximum Gasteiger partial charge on any atom is 0.255 e. The zero-order chi connectivity index (χ0) is 17.2. The molecule has 3 aromatic rings. The van der Waals surface area contributed by atoms with E-state index in [0.717, 1.165) is 17.8 Å². The Labute approximate surface area is 145 Å². The fraction of sp³-hybridized carbons (Fsp3) is 0.333. The summed E-state index contributed by atoms with van der Waals surface area (Å²) in [5.74, 6) is 0.128. The summed E-state index contributed by atoms with van der Waals surface area (Å²) < 4.78 is 1.92. The van der Waals surface area contributed by atoms with Crippen molar-refractivity contribution >= 4 is 17.1 Å². The van der Waals surface area contributed by atoms with Gasteiger partial charge in [-0.2, -0.15) is 0 Å². The lowest BCUT2D eigenvalue weighted by Crippen LogP contribution is -2.29. The van der Waals surface area contributed by atoms with E-state index in [9.17, 15) is 9.90 Å². The van der Waals surface area contributed by atoms with Gasteiger partial charge in [0.05, 0.1) is 24.1 Å². The lowest BCUT2D eigenvalue weighted by Gasteiger charge is -2.15. The summed E-state index contributed by atoms with van der Waals surface area (Å²) in [4.78, 5) is 27.5. The van der Waals surface area contributed by atoms with Gasteiger partial charge >= 0.3 is 0 Å². The minimum absolute atomic E-state index is 0.0513. The minimum Gasteiger partial charge on any atom is -0.396 e. The van der Waals surface area contributed by atoms with Gasteiger partial charge in [-0.25, -0.2) is 9.97 Å². The Kier molecular flexibility index (Phi) is 4.15. The van der Waals surface area contributed by atoms with E-state index in [1.54, 1.807) is 29.7 Å². The highest BCUT2D eigenvalue weighted by Crippen LogP contribution is 2.20. The molecule has 1 unspecified atom stereocenters. The Morgan fingerprint density at radius 3 is 2.96 bits per heavy atom. The molecule has 1 aliphatic rings. The minimum atomic E-state index is -0.0513. The Bertz CT molecular complexity index is 893. The van der Waals surface area contributed by atoms with Crippen molar-refractivity contribution in [2.24, 2.45) is 5.92 Å². The van der Waals surface area contributed by atoms with E-state index in [2.05, 4.69) is 15.0 Å². The predicted molar refractivity (Wildman–Crippen MR) is 92.0 cm³/mol. The molecular weight excluding hydrogens is 318 g/mol. The molecule has 1 amide bonds. The summed E-state index contributed by atoms with van der Waals surface area (Å²) >= 11 is 0. The van der Waals surface area contributed by atoms with E-state index in [-0.39, 0.29) is 18.4 Å². The van der Waals surface area contributed by atoms with Crippen molar-refractivity contribution in [1.82, 2.24) is 24.4 Å². The predicted octanol–water partition coefficient (Wildman–Crippen LogP) is 1.33. The number of amides is 1. The molecule has 0 aromatic carbocycles. The zero-order valence-electron chi connectivity index (χ0n) is 13.7.